The lowest BCUT2D eigenvalue weighted by atomic mass is 10.0. The van der Waals surface area contributed by atoms with Crippen molar-refractivity contribution in [2.24, 2.45) is 11.7 Å². The van der Waals surface area contributed by atoms with E-state index in [4.69, 9.17) is 15.8 Å². The molecule has 35 heavy (non-hydrogen) atoms. The number of rotatable bonds is 4. The van der Waals surface area contributed by atoms with Crippen molar-refractivity contribution in [3.63, 3.8) is 0 Å². The molecule has 0 unspecified atom stereocenters. The molecule has 6 rings (SSSR count). The monoisotopic (exact) mass is 478 g/mol. The van der Waals surface area contributed by atoms with Gasteiger partial charge < -0.3 is 15.2 Å². The number of hydrogen-bond donors (Lipinski definition) is 1. The SMILES string of the molecule is Cc1ccc2cc(-c3nn4cc(C(=O)N5C[C@H](N)C[C@@H](F)C5)cc(F)c4c3C)n(CC3CC3)c2n1. The average molecular weight is 479 g/mol. The molecule has 4 aromatic rings. The fourth-order valence-corrected chi connectivity index (χ4v) is 5.22. The van der Waals surface area contributed by atoms with Gasteiger partial charge in [0.2, 0.25) is 0 Å². The Bertz CT molecular complexity index is 1460. The maximum Gasteiger partial charge on any atom is 0.255 e. The van der Waals surface area contributed by atoms with Gasteiger partial charge in [0.1, 0.15) is 28.8 Å². The molecule has 2 fully saturated rings. The Morgan fingerprint density at radius 2 is 2.00 bits per heavy atom. The number of aromatic nitrogens is 4. The average Bonchev–Trinajstić information content (AvgIpc) is 3.48. The van der Waals surface area contributed by atoms with Crippen molar-refractivity contribution in [1.82, 2.24) is 24.1 Å². The van der Waals surface area contributed by atoms with Gasteiger partial charge in [-0.15, -0.1) is 0 Å². The van der Waals surface area contributed by atoms with Gasteiger partial charge in [0.15, 0.2) is 0 Å². The highest BCUT2D eigenvalue weighted by Crippen LogP contribution is 2.37. The number of carbonyl (C=O) groups is 1. The largest absolute Gasteiger partial charge is 0.334 e. The van der Waals surface area contributed by atoms with Gasteiger partial charge in [-0.1, -0.05) is 0 Å². The van der Waals surface area contributed by atoms with Crippen LogP contribution >= 0.6 is 0 Å². The lowest BCUT2D eigenvalue weighted by molar-refractivity contribution is 0.0605. The highest BCUT2D eigenvalue weighted by molar-refractivity contribution is 5.95. The molecule has 0 radical (unpaired) electrons. The lowest BCUT2D eigenvalue weighted by Gasteiger charge is -2.32. The number of nitrogens with zero attached hydrogens (tertiary/aromatic N) is 5. The van der Waals surface area contributed by atoms with Gasteiger partial charge in [-0.2, -0.15) is 5.10 Å². The quantitative estimate of drug-likeness (QED) is 0.480. The molecule has 1 saturated heterocycles. The molecule has 2 atom stereocenters. The summed E-state index contributed by atoms with van der Waals surface area (Å²) in [5.74, 6) is -0.370. The Morgan fingerprint density at radius 1 is 1.20 bits per heavy atom. The van der Waals surface area contributed by atoms with Crippen molar-refractivity contribution in [2.45, 2.75) is 51.9 Å². The number of fused-ring (bicyclic) bond motifs is 2. The summed E-state index contributed by atoms with van der Waals surface area (Å²) in [6.07, 6.45) is 2.95. The normalized spacial score (nSPS) is 20.8. The number of piperidine rings is 1. The van der Waals surface area contributed by atoms with Crippen LogP contribution in [0.2, 0.25) is 0 Å². The van der Waals surface area contributed by atoms with Gasteiger partial charge in [0.05, 0.1) is 17.8 Å². The summed E-state index contributed by atoms with van der Waals surface area (Å²) < 4.78 is 33.0. The molecule has 7 nitrogen and oxygen atoms in total. The first-order valence-electron chi connectivity index (χ1n) is 12.1. The van der Waals surface area contributed by atoms with Crippen LogP contribution in [0.5, 0.6) is 0 Å². The van der Waals surface area contributed by atoms with E-state index in [1.165, 1.54) is 34.5 Å². The third-order valence-corrected chi connectivity index (χ3v) is 7.15. The summed E-state index contributed by atoms with van der Waals surface area (Å²) in [6.45, 7) is 4.86. The van der Waals surface area contributed by atoms with Crippen LogP contribution in [-0.2, 0) is 6.54 Å². The minimum absolute atomic E-state index is 0.0384. The van der Waals surface area contributed by atoms with Crippen molar-refractivity contribution >= 4 is 22.5 Å². The number of alkyl halides is 1. The van der Waals surface area contributed by atoms with E-state index >= 15 is 4.39 Å². The van der Waals surface area contributed by atoms with Crippen molar-refractivity contribution in [3.05, 3.63) is 53.1 Å². The Labute approximate surface area is 201 Å². The number of nitrogens with two attached hydrogens (primary N) is 1. The maximum atomic E-state index is 15.3. The minimum Gasteiger partial charge on any atom is -0.334 e. The predicted molar refractivity (Wildman–Crippen MR) is 129 cm³/mol. The molecule has 182 valence electrons. The Hall–Kier alpha value is -3.33. The van der Waals surface area contributed by atoms with Crippen molar-refractivity contribution in [1.29, 1.82) is 0 Å². The molecular weight excluding hydrogens is 450 g/mol. The molecule has 1 saturated carbocycles. The van der Waals surface area contributed by atoms with E-state index in [1.54, 1.807) is 0 Å². The van der Waals surface area contributed by atoms with Crippen LogP contribution in [0, 0.1) is 25.6 Å². The molecule has 5 heterocycles. The lowest BCUT2D eigenvalue weighted by Crippen LogP contribution is -2.50. The number of amides is 1. The van der Waals surface area contributed by atoms with E-state index in [-0.39, 0.29) is 25.1 Å². The zero-order valence-corrected chi connectivity index (χ0v) is 19.8. The second kappa shape index (κ2) is 8.12. The topological polar surface area (TPSA) is 81.5 Å². The summed E-state index contributed by atoms with van der Waals surface area (Å²) in [5.41, 5.74) is 10.4. The Morgan fingerprint density at radius 3 is 2.74 bits per heavy atom. The molecular formula is C26H28F2N6O. The van der Waals surface area contributed by atoms with E-state index in [9.17, 15) is 9.18 Å². The standard InChI is InChI=1S/C26H28F2N6O/c1-14-3-6-17-8-22(33(25(17)30-14)10-16-4-5-16)23-15(2)24-21(28)7-18(11-34(24)31-23)26(35)32-12-19(27)9-20(29)13-32/h3,6-8,11,16,19-20H,4-5,9-10,12-13,29H2,1-2H3/t19-,20-/m1/s1. The van der Waals surface area contributed by atoms with Gasteiger partial charge in [-0.3, -0.25) is 4.79 Å². The number of likely N-dealkylation sites (tertiary alicyclic amines) is 1. The Balaban J connectivity index is 1.45. The highest BCUT2D eigenvalue weighted by atomic mass is 19.1. The maximum absolute atomic E-state index is 15.3. The summed E-state index contributed by atoms with van der Waals surface area (Å²) in [7, 11) is 0. The minimum atomic E-state index is -1.18. The van der Waals surface area contributed by atoms with Crippen LogP contribution in [0.1, 0.15) is 40.9 Å². The van der Waals surface area contributed by atoms with Crippen LogP contribution in [0.4, 0.5) is 8.78 Å². The Kier molecular flexibility index (Phi) is 5.14. The van der Waals surface area contributed by atoms with E-state index in [2.05, 4.69) is 16.7 Å². The summed E-state index contributed by atoms with van der Waals surface area (Å²) in [4.78, 5) is 19.2. The number of carbonyl (C=O) groups excluding carboxylic acids is 1. The number of halogens is 2. The first kappa shape index (κ1) is 22.2. The van der Waals surface area contributed by atoms with Crippen molar-refractivity contribution < 1.29 is 13.6 Å². The van der Waals surface area contributed by atoms with E-state index in [0.717, 1.165) is 29.0 Å². The molecule has 0 bridgehead atoms. The molecule has 2 N–H and O–H groups in total. The van der Waals surface area contributed by atoms with Crippen LogP contribution in [-0.4, -0.2) is 55.3 Å². The van der Waals surface area contributed by atoms with Crippen LogP contribution in [0.15, 0.2) is 30.5 Å². The number of pyridine rings is 2. The second-order valence-corrected chi connectivity index (χ2v) is 10.1. The smallest absolute Gasteiger partial charge is 0.255 e. The third kappa shape index (κ3) is 3.87. The van der Waals surface area contributed by atoms with Gasteiger partial charge in [0.25, 0.3) is 5.91 Å². The molecule has 0 aromatic carbocycles. The van der Waals surface area contributed by atoms with Gasteiger partial charge >= 0.3 is 0 Å². The third-order valence-electron chi connectivity index (χ3n) is 7.15. The predicted octanol–water partition coefficient (Wildman–Crippen LogP) is 4.03. The van der Waals surface area contributed by atoms with Crippen molar-refractivity contribution in [3.8, 4) is 11.4 Å². The molecule has 1 aliphatic heterocycles. The zero-order valence-electron chi connectivity index (χ0n) is 19.8. The van der Waals surface area contributed by atoms with Crippen molar-refractivity contribution in [2.75, 3.05) is 13.1 Å². The van der Waals surface area contributed by atoms with Gasteiger partial charge in [-0.25, -0.2) is 18.3 Å². The van der Waals surface area contributed by atoms with E-state index in [0.29, 0.717) is 22.7 Å². The fourth-order valence-electron chi connectivity index (χ4n) is 5.22. The first-order valence-corrected chi connectivity index (χ1v) is 12.1. The van der Waals surface area contributed by atoms with Crippen LogP contribution < -0.4 is 5.73 Å². The molecule has 1 aliphatic carbocycles. The summed E-state index contributed by atoms with van der Waals surface area (Å²) in [6, 6.07) is 6.87. The van der Waals surface area contributed by atoms with Gasteiger partial charge in [-0.05, 0) is 63.3 Å². The summed E-state index contributed by atoms with van der Waals surface area (Å²) >= 11 is 0. The second-order valence-electron chi connectivity index (χ2n) is 10.1. The molecule has 4 aromatic heterocycles. The van der Waals surface area contributed by atoms with Gasteiger partial charge in [0, 0.05) is 42.0 Å². The molecule has 0 spiro atoms. The van der Waals surface area contributed by atoms with Crippen LogP contribution in [0.25, 0.3) is 27.9 Å². The molecule has 2 aliphatic rings. The highest BCUT2D eigenvalue weighted by Gasteiger charge is 2.30. The first-order chi connectivity index (χ1) is 16.8. The summed E-state index contributed by atoms with van der Waals surface area (Å²) in [5, 5.41) is 5.74. The van der Waals surface area contributed by atoms with E-state index < -0.39 is 23.9 Å². The van der Waals surface area contributed by atoms with E-state index in [1.807, 2.05) is 19.9 Å². The van der Waals surface area contributed by atoms with Crippen LogP contribution in [0.3, 0.4) is 0 Å². The number of aryl methyl sites for hydroxylation is 2. The fraction of sp³-hybridized carbons (Fsp3) is 0.423. The number of hydrogen-bond acceptors (Lipinski definition) is 4. The molecule has 1 amide bonds. The molecule has 9 heteroatoms. The zero-order chi connectivity index (χ0) is 24.4.